The number of ether oxygens (including phenoxy) is 5. The number of aromatic hydroxyl groups is 1. The number of hydrogen-bond donors (Lipinski definition) is 1. The summed E-state index contributed by atoms with van der Waals surface area (Å²) in [5.74, 6) is -1.29. The Labute approximate surface area is 213 Å². The molecule has 0 spiro atoms. The molecule has 1 aromatic rings. The van der Waals surface area contributed by atoms with E-state index in [4.69, 9.17) is 23.7 Å². The lowest BCUT2D eigenvalue weighted by molar-refractivity contribution is -0.267. The third-order valence-electron chi connectivity index (χ3n) is 4.80. The highest BCUT2D eigenvalue weighted by Crippen LogP contribution is 2.27. The van der Waals surface area contributed by atoms with Crippen LogP contribution in [0.25, 0.3) is 6.08 Å². The molecule has 0 amide bonds. The summed E-state index contributed by atoms with van der Waals surface area (Å²) in [6.45, 7) is 11.2. The fourth-order valence-electron chi connectivity index (χ4n) is 3.25. The molecule has 0 saturated carbocycles. The molecule has 0 bridgehead atoms. The van der Waals surface area contributed by atoms with Crippen LogP contribution in [0, 0.1) is 0 Å². The molecule has 3 radical (unpaired) electrons. The number of esters is 1. The Balaban J connectivity index is 0.000000669. The van der Waals surface area contributed by atoms with Crippen molar-refractivity contribution in [1.82, 2.24) is 0 Å². The van der Waals surface area contributed by atoms with Gasteiger partial charge in [0.15, 0.2) is 16.9 Å². The van der Waals surface area contributed by atoms with Crippen molar-refractivity contribution < 1.29 is 38.4 Å². The molecule has 1 rings (SSSR count). The normalized spacial score (nSPS) is 12.1. The van der Waals surface area contributed by atoms with Crippen molar-refractivity contribution in [3.63, 3.8) is 0 Å². The molecule has 0 fully saturated rings. The van der Waals surface area contributed by atoms with Crippen molar-refractivity contribution in [3.05, 3.63) is 29.8 Å². The van der Waals surface area contributed by atoms with Gasteiger partial charge in [0.1, 0.15) is 16.3 Å². The highest BCUT2D eigenvalue weighted by molar-refractivity contribution is 6.59. The van der Waals surface area contributed by atoms with Gasteiger partial charge in [-0.3, -0.25) is 0 Å². The van der Waals surface area contributed by atoms with E-state index in [0.29, 0.717) is 32.2 Å². The summed E-state index contributed by atoms with van der Waals surface area (Å²) in [5, 5.41) is 9.04. The van der Waals surface area contributed by atoms with Crippen LogP contribution in [-0.4, -0.2) is 72.2 Å². The number of benzene rings is 1. The van der Waals surface area contributed by atoms with Crippen LogP contribution >= 0.6 is 0 Å². The lowest BCUT2D eigenvalue weighted by Gasteiger charge is -2.37. The predicted octanol–water partition coefficient (Wildman–Crippen LogP) is 4.41. The van der Waals surface area contributed by atoms with E-state index >= 15 is 0 Å². The summed E-state index contributed by atoms with van der Waals surface area (Å²) in [7, 11) is 4.53. The molecule has 1 atom stereocenters. The zero-order valence-electron chi connectivity index (χ0n) is 21.9. The first-order valence-electron chi connectivity index (χ1n) is 12.1. The highest BCUT2D eigenvalue weighted by Gasteiger charge is 2.45. The highest BCUT2D eigenvalue weighted by atomic mass is 28.1. The fraction of sp³-hybridized carbons (Fsp3) is 0.615. The van der Waals surface area contributed by atoms with Gasteiger partial charge in [0.25, 0.3) is 0 Å². The number of rotatable bonds is 16. The van der Waals surface area contributed by atoms with E-state index in [0.717, 1.165) is 31.2 Å². The molecule has 0 aliphatic carbocycles. The zero-order valence-corrected chi connectivity index (χ0v) is 22.9. The summed E-state index contributed by atoms with van der Waals surface area (Å²) in [6, 6.07) is 4.81. The summed E-state index contributed by atoms with van der Waals surface area (Å²) in [5.41, 5.74) is 0.753. The Kier molecular flexibility index (Phi) is 17.8. The molecule has 0 aliphatic heterocycles. The maximum Gasteiger partial charge on any atom is 0.330 e. The first kappa shape index (κ1) is 32.8. The van der Waals surface area contributed by atoms with Crippen LogP contribution < -0.4 is 4.74 Å². The molecule has 1 N–H and O–H groups in total. The molecule has 1 unspecified atom stereocenters. The first-order chi connectivity index (χ1) is 16.8. The van der Waals surface area contributed by atoms with Gasteiger partial charge in [0.2, 0.25) is 5.79 Å². The van der Waals surface area contributed by atoms with Crippen molar-refractivity contribution in [2.75, 3.05) is 33.5 Å². The van der Waals surface area contributed by atoms with E-state index in [1.54, 1.807) is 25.1 Å². The largest absolute Gasteiger partial charge is 0.504 e. The van der Waals surface area contributed by atoms with Crippen molar-refractivity contribution in [2.45, 2.75) is 72.2 Å². The van der Waals surface area contributed by atoms with Gasteiger partial charge in [-0.15, -0.1) is 0 Å². The van der Waals surface area contributed by atoms with E-state index in [2.05, 4.69) is 17.2 Å². The molecule has 8 nitrogen and oxygen atoms in total. The van der Waals surface area contributed by atoms with Crippen LogP contribution in [0.15, 0.2) is 24.3 Å². The average Bonchev–Trinajstić information content (AvgIpc) is 2.83. The second-order valence-electron chi connectivity index (χ2n) is 7.32. The summed E-state index contributed by atoms with van der Waals surface area (Å²) >= 11 is 0. The Morgan fingerprint density at radius 3 is 2.17 bits per heavy atom. The fourth-order valence-corrected chi connectivity index (χ4v) is 3.56. The number of carbonyl (C=O) groups is 2. The molecular weight excluding hydrogens is 468 g/mol. The monoisotopic (exact) mass is 509 g/mol. The molecule has 35 heavy (non-hydrogen) atoms. The Morgan fingerprint density at radius 1 is 1.03 bits per heavy atom. The van der Waals surface area contributed by atoms with Gasteiger partial charge in [0, 0.05) is 25.9 Å². The van der Waals surface area contributed by atoms with E-state index in [1.807, 2.05) is 20.8 Å². The Morgan fingerprint density at radius 2 is 1.69 bits per heavy atom. The van der Waals surface area contributed by atoms with Crippen LogP contribution in [0.3, 0.4) is 0 Å². The van der Waals surface area contributed by atoms with Crippen molar-refractivity contribution in [1.29, 1.82) is 0 Å². The number of carbonyl (C=O) groups excluding carboxylic acids is 2. The molecule has 1 aromatic carbocycles. The van der Waals surface area contributed by atoms with Gasteiger partial charge in [-0.2, -0.15) is 0 Å². The molecular formula is C26H41O8Si. The van der Waals surface area contributed by atoms with Gasteiger partial charge >= 0.3 is 5.97 Å². The van der Waals surface area contributed by atoms with Gasteiger partial charge in [-0.05, 0) is 57.9 Å². The van der Waals surface area contributed by atoms with Gasteiger partial charge in [-0.1, -0.05) is 32.3 Å². The maximum absolute atomic E-state index is 12.0. The molecule has 0 heterocycles. The standard InChI is InChI=1S/C14H27O4Si.C12H14O4/c1-5-9-10-11-12(16-6-2)14(13(15)19,17-7-3)18-8-4;1-3-16-12(14)7-5-9-4-6-10(13)11(8-9)15-2/h12H,5-11H2,1-4H3;4-8,13H,3H2,1-2H3. The third kappa shape index (κ3) is 11.9. The number of methoxy groups -OCH3 is 1. The van der Waals surface area contributed by atoms with Gasteiger partial charge in [0.05, 0.1) is 13.7 Å². The van der Waals surface area contributed by atoms with E-state index in [-0.39, 0.29) is 17.3 Å². The lowest BCUT2D eigenvalue weighted by Crippen LogP contribution is -2.55. The average molecular weight is 510 g/mol. The van der Waals surface area contributed by atoms with E-state index in [1.165, 1.54) is 19.3 Å². The second-order valence-corrected chi connectivity index (χ2v) is 7.77. The SMILES string of the molecule is CCCCCC(OCC)C(OCC)(OCC)C(=O)[Si].CCOC(=O)C=Cc1ccc(O)c(OC)c1. The topological polar surface area (TPSA) is 101 Å². The van der Waals surface area contributed by atoms with Gasteiger partial charge in [-0.25, -0.2) is 4.79 Å². The number of unbranched alkanes of at least 4 members (excludes halogenated alkanes) is 2. The second kappa shape index (κ2) is 19.0. The van der Waals surface area contributed by atoms with E-state index < -0.39 is 11.8 Å². The summed E-state index contributed by atoms with van der Waals surface area (Å²) in [4.78, 5) is 23.0. The first-order valence-corrected chi connectivity index (χ1v) is 12.6. The van der Waals surface area contributed by atoms with Crippen molar-refractivity contribution in [2.24, 2.45) is 0 Å². The van der Waals surface area contributed by atoms with Crippen LogP contribution in [0.4, 0.5) is 0 Å². The zero-order chi connectivity index (χ0) is 26.7. The Bertz CT molecular complexity index is 760. The lowest BCUT2D eigenvalue weighted by atomic mass is 10.0. The van der Waals surface area contributed by atoms with Crippen LogP contribution in [0.1, 0.15) is 65.9 Å². The van der Waals surface area contributed by atoms with Crippen molar-refractivity contribution >= 4 is 27.7 Å². The molecule has 0 aliphatic rings. The van der Waals surface area contributed by atoms with Crippen LogP contribution in [0.5, 0.6) is 11.5 Å². The molecule has 9 heteroatoms. The molecule has 0 aromatic heterocycles. The minimum atomic E-state index is -1.33. The molecule has 0 saturated heterocycles. The third-order valence-corrected chi connectivity index (χ3v) is 5.15. The van der Waals surface area contributed by atoms with Crippen LogP contribution in [-0.2, 0) is 28.5 Å². The van der Waals surface area contributed by atoms with Crippen LogP contribution in [0.2, 0.25) is 0 Å². The maximum atomic E-state index is 12.0. The quantitative estimate of drug-likeness (QED) is 0.115. The van der Waals surface area contributed by atoms with E-state index in [9.17, 15) is 14.7 Å². The minimum Gasteiger partial charge on any atom is -0.504 e. The molecule has 197 valence electrons. The summed E-state index contributed by atoms with van der Waals surface area (Å²) < 4.78 is 26.7. The number of phenolic OH excluding ortho intramolecular Hbond substituents is 1. The summed E-state index contributed by atoms with van der Waals surface area (Å²) in [6.07, 6.45) is 6.51. The smallest absolute Gasteiger partial charge is 0.330 e. The number of hydrogen-bond acceptors (Lipinski definition) is 8. The Hall–Kier alpha value is -2.20. The van der Waals surface area contributed by atoms with Gasteiger partial charge < -0.3 is 33.6 Å². The number of phenols is 1. The minimum absolute atomic E-state index is 0.0655. The predicted molar refractivity (Wildman–Crippen MR) is 137 cm³/mol. The van der Waals surface area contributed by atoms with Crippen molar-refractivity contribution in [3.8, 4) is 11.5 Å².